The Morgan fingerprint density at radius 2 is 1.80 bits per heavy atom. The number of fused-ring (bicyclic) bond motifs is 1. The van der Waals surface area contributed by atoms with Crippen LogP contribution in [0.4, 0.5) is 5.69 Å². The van der Waals surface area contributed by atoms with Crippen LogP contribution in [0.3, 0.4) is 0 Å². The standard InChI is InChI=1S/C25H23N3O2/c1-3-18-10-7-11-20(12-18)21-13-22-24(27-15-21)25(30)17(2)28(22)23(29)16-26-14-19-8-5-4-6-9-19/h4-13,15,26H,2-3,14,16H2,1H3. The number of benzene rings is 2. The highest BCUT2D eigenvalue weighted by molar-refractivity contribution is 6.24. The zero-order chi connectivity index (χ0) is 21.1. The average molecular weight is 397 g/mol. The topological polar surface area (TPSA) is 62.3 Å². The number of ketones is 1. The number of aromatic nitrogens is 1. The van der Waals surface area contributed by atoms with E-state index in [0.29, 0.717) is 12.2 Å². The molecule has 0 bridgehead atoms. The minimum Gasteiger partial charge on any atom is -0.304 e. The lowest BCUT2D eigenvalue weighted by atomic mass is 10.0. The molecule has 30 heavy (non-hydrogen) atoms. The predicted octanol–water partition coefficient (Wildman–Crippen LogP) is 4.14. The fourth-order valence-corrected chi connectivity index (χ4v) is 3.58. The lowest BCUT2D eigenvalue weighted by molar-refractivity contribution is -0.117. The molecule has 0 atom stereocenters. The van der Waals surface area contributed by atoms with Crippen molar-refractivity contribution in [2.45, 2.75) is 19.9 Å². The Hall–Kier alpha value is -3.57. The number of carbonyl (C=O) groups is 2. The summed E-state index contributed by atoms with van der Waals surface area (Å²) in [5.41, 5.74) is 5.07. The number of Topliss-reactive ketones (excluding diaryl/α,β-unsaturated/α-hetero) is 1. The smallest absolute Gasteiger partial charge is 0.245 e. The van der Waals surface area contributed by atoms with Gasteiger partial charge in [-0.25, -0.2) is 4.98 Å². The normalized spacial score (nSPS) is 12.9. The second kappa shape index (κ2) is 8.43. The third kappa shape index (κ3) is 3.80. The molecule has 0 unspecified atom stereocenters. The molecule has 0 fully saturated rings. The number of hydrogen-bond acceptors (Lipinski definition) is 4. The van der Waals surface area contributed by atoms with Crippen molar-refractivity contribution < 1.29 is 9.59 Å². The Bertz CT molecular complexity index is 1120. The van der Waals surface area contributed by atoms with Crippen molar-refractivity contribution in [2.24, 2.45) is 0 Å². The largest absolute Gasteiger partial charge is 0.304 e. The summed E-state index contributed by atoms with van der Waals surface area (Å²) in [5, 5.41) is 3.14. The number of nitrogens with zero attached hydrogens (tertiary/aromatic N) is 2. The molecule has 5 heteroatoms. The molecule has 2 heterocycles. The zero-order valence-corrected chi connectivity index (χ0v) is 16.9. The highest BCUT2D eigenvalue weighted by atomic mass is 16.2. The van der Waals surface area contributed by atoms with Gasteiger partial charge in [-0.3, -0.25) is 14.5 Å². The molecule has 0 radical (unpaired) electrons. The van der Waals surface area contributed by atoms with Gasteiger partial charge in [0.2, 0.25) is 11.7 Å². The number of hydrogen-bond donors (Lipinski definition) is 1. The number of anilines is 1. The lowest BCUT2D eigenvalue weighted by Crippen LogP contribution is -2.36. The fraction of sp³-hybridized carbons (Fsp3) is 0.160. The summed E-state index contributed by atoms with van der Waals surface area (Å²) in [5.74, 6) is -0.542. The van der Waals surface area contributed by atoms with Gasteiger partial charge in [0.05, 0.1) is 17.9 Å². The first-order valence-electron chi connectivity index (χ1n) is 9.99. The quantitative estimate of drug-likeness (QED) is 0.635. The highest BCUT2D eigenvalue weighted by Crippen LogP contribution is 2.35. The maximum atomic E-state index is 12.9. The van der Waals surface area contributed by atoms with E-state index in [1.165, 1.54) is 10.5 Å². The first-order valence-corrected chi connectivity index (χ1v) is 9.99. The predicted molar refractivity (Wildman–Crippen MR) is 118 cm³/mol. The number of allylic oxidation sites excluding steroid dienone is 1. The molecule has 1 aliphatic heterocycles. The number of nitrogens with one attached hydrogen (secondary N) is 1. The molecule has 150 valence electrons. The van der Waals surface area contributed by atoms with E-state index in [1.807, 2.05) is 48.5 Å². The van der Waals surface area contributed by atoms with E-state index in [0.717, 1.165) is 23.1 Å². The van der Waals surface area contributed by atoms with Crippen LogP contribution in [-0.4, -0.2) is 23.2 Å². The summed E-state index contributed by atoms with van der Waals surface area (Å²) in [4.78, 5) is 31.2. The Balaban J connectivity index is 1.57. The molecule has 0 spiro atoms. The van der Waals surface area contributed by atoms with Crippen LogP contribution in [-0.2, 0) is 17.8 Å². The monoisotopic (exact) mass is 397 g/mol. The van der Waals surface area contributed by atoms with Gasteiger partial charge in [-0.2, -0.15) is 0 Å². The summed E-state index contributed by atoms with van der Waals surface area (Å²) in [6.07, 6.45) is 2.61. The van der Waals surface area contributed by atoms with Crippen LogP contribution in [0, 0.1) is 0 Å². The van der Waals surface area contributed by atoms with E-state index in [-0.39, 0.29) is 29.6 Å². The molecule has 4 rings (SSSR count). The van der Waals surface area contributed by atoms with Gasteiger partial charge >= 0.3 is 0 Å². The van der Waals surface area contributed by atoms with Gasteiger partial charge in [-0.05, 0) is 29.2 Å². The Morgan fingerprint density at radius 3 is 2.57 bits per heavy atom. The Morgan fingerprint density at radius 1 is 1.03 bits per heavy atom. The van der Waals surface area contributed by atoms with Crippen molar-refractivity contribution in [3.05, 3.63) is 96.0 Å². The molecule has 1 aliphatic rings. The number of rotatable bonds is 6. The van der Waals surface area contributed by atoms with Gasteiger partial charge in [-0.1, -0.05) is 68.1 Å². The minimum absolute atomic E-state index is 0.0934. The highest BCUT2D eigenvalue weighted by Gasteiger charge is 2.36. The molecule has 3 aromatic rings. The summed E-state index contributed by atoms with van der Waals surface area (Å²) < 4.78 is 0. The average Bonchev–Trinajstić information content (AvgIpc) is 3.04. The molecule has 0 saturated carbocycles. The lowest BCUT2D eigenvalue weighted by Gasteiger charge is -2.18. The first kappa shape index (κ1) is 19.7. The number of amides is 1. The van der Waals surface area contributed by atoms with Gasteiger partial charge in [0.25, 0.3) is 0 Å². The van der Waals surface area contributed by atoms with Crippen LogP contribution in [0.5, 0.6) is 0 Å². The van der Waals surface area contributed by atoms with Crippen LogP contribution in [0.25, 0.3) is 11.1 Å². The Kier molecular flexibility index (Phi) is 5.55. The summed E-state index contributed by atoms with van der Waals surface area (Å²) in [6, 6.07) is 19.9. The zero-order valence-electron chi connectivity index (χ0n) is 16.9. The summed E-state index contributed by atoms with van der Waals surface area (Å²) >= 11 is 0. The van der Waals surface area contributed by atoms with Crippen LogP contribution in [0.2, 0.25) is 0 Å². The van der Waals surface area contributed by atoms with Crippen molar-refractivity contribution in [1.82, 2.24) is 10.3 Å². The molecule has 1 amide bonds. The van der Waals surface area contributed by atoms with Crippen molar-refractivity contribution >= 4 is 17.4 Å². The maximum Gasteiger partial charge on any atom is 0.245 e. The van der Waals surface area contributed by atoms with Crippen LogP contribution < -0.4 is 10.2 Å². The molecular weight excluding hydrogens is 374 g/mol. The van der Waals surface area contributed by atoms with Gasteiger partial charge in [0.1, 0.15) is 5.69 Å². The van der Waals surface area contributed by atoms with E-state index in [9.17, 15) is 9.59 Å². The third-order valence-electron chi connectivity index (χ3n) is 5.22. The summed E-state index contributed by atoms with van der Waals surface area (Å²) in [6.45, 7) is 6.60. The van der Waals surface area contributed by atoms with Gasteiger partial charge in [0.15, 0.2) is 0 Å². The molecular formula is C25H23N3O2. The molecule has 0 aliphatic carbocycles. The fourth-order valence-electron chi connectivity index (χ4n) is 3.58. The second-order valence-electron chi connectivity index (χ2n) is 7.24. The minimum atomic E-state index is -0.310. The molecule has 1 aromatic heterocycles. The van der Waals surface area contributed by atoms with E-state index in [4.69, 9.17) is 0 Å². The second-order valence-corrected chi connectivity index (χ2v) is 7.24. The van der Waals surface area contributed by atoms with Crippen LogP contribution >= 0.6 is 0 Å². The first-order chi connectivity index (χ1) is 14.6. The van der Waals surface area contributed by atoms with E-state index in [1.54, 1.807) is 6.20 Å². The van der Waals surface area contributed by atoms with Crippen molar-refractivity contribution in [3.63, 3.8) is 0 Å². The SMILES string of the molecule is C=C1C(=O)c2ncc(-c3cccc(CC)c3)cc2N1C(=O)CNCc1ccccc1. The Labute approximate surface area is 176 Å². The van der Waals surface area contributed by atoms with Crippen molar-refractivity contribution in [1.29, 1.82) is 0 Å². The molecule has 1 N–H and O–H groups in total. The van der Waals surface area contributed by atoms with Crippen molar-refractivity contribution in [3.8, 4) is 11.1 Å². The maximum absolute atomic E-state index is 12.9. The van der Waals surface area contributed by atoms with Crippen LogP contribution in [0.1, 0.15) is 28.5 Å². The molecule has 2 aromatic carbocycles. The number of pyridine rings is 1. The van der Waals surface area contributed by atoms with E-state index >= 15 is 0 Å². The van der Waals surface area contributed by atoms with Crippen LogP contribution in [0.15, 0.2) is 79.1 Å². The van der Waals surface area contributed by atoms with E-state index in [2.05, 4.69) is 35.9 Å². The number of aryl methyl sites for hydroxylation is 1. The van der Waals surface area contributed by atoms with Gasteiger partial charge < -0.3 is 5.32 Å². The molecule has 0 saturated heterocycles. The summed E-state index contributed by atoms with van der Waals surface area (Å²) in [7, 11) is 0. The van der Waals surface area contributed by atoms with Gasteiger partial charge in [0, 0.05) is 18.3 Å². The van der Waals surface area contributed by atoms with Gasteiger partial charge in [-0.15, -0.1) is 0 Å². The number of carbonyl (C=O) groups excluding carboxylic acids is 2. The van der Waals surface area contributed by atoms with Crippen molar-refractivity contribution in [2.75, 3.05) is 11.4 Å². The van der Waals surface area contributed by atoms with E-state index < -0.39 is 0 Å². The third-order valence-corrected chi connectivity index (χ3v) is 5.22. The molecule has 5 nitrogen and oxygen atoms in total.